The van der Waals surface area contributed by atoms with Gasteiger partial charge in [0.05, 0.1) is 12.3 Å². The second kappa shape index (κ2) is 9.23. The molecule has 0 bridgehead atoms. The number of ether oxygens (including phenoxy) is 1. The zero-order chi connectivity index (χ0) is 18.2. The number of carbonyl (C=O) groups excluding carboxylic acids is 1. The summed E-state index contributed by atoms with van der Waals surface area (Å²) in [7, 11) is 0. The van der Waals surface area contributed by atoms with Gasteiger partial charge in [-0.2, -0.15) is 5.10 Å². The molecule has 25 heavy (non-hydrogen) atoms. The lowest BCUT2D eigenvalue weighted by molar-refractivity contribution is -0.121. The molecule has 2 aromatic carbocycles. The van der Waals surface area contributed by atoms with Crippen molar-refractivity contribution in [3.63, 3.8) is 0 Å². The molecule has 0 aliphatic carbocycles. The van der Waals surface area contributed by atoms with Crippen molar-refractivity contribution in [3.8, 4) is 5.75 Å². The molecule has 0 spiro atoms. The fourth-order valence-electron chi connectivity index (χ4n) is 2.33. The Kier molecular flexibility index (Phi) is 7.02. The SMILES string of the molecule is C/C(=N\NC(=O)CCCOc1ccc(Cl)cc1C)c1cccc(C)c1. The van der Waals surface area contributed by atoms with E-state index in [9.17, 15) is 4.79 Å². The Morgan fingerprint density at radius 2 is 2.00 bits per heavy atom. The van der Waals surface area contributed by atoms with E-state index in [0.29, 0.717) is 24.5 Å². The summed E-state index contributed by atoms with van der Waals surface area (Å²) in [5.41, 5.74) is 6.52. The van der Waals surface area contributed by atoms with Gasteiger partial charge in [-0.1, -0.05) is 41.4 Å². The van der Waals surface area contributed by atoms with Crippen LogP contribution < -0.4 is 10.2 Å². The normalized spacial score (nSPS) is 11.3. The highest BCUT2D eigenvalue weighted by atomic mass is 35.5. The molecule has 0 unspecified atom stereocenters. The second-order valence-electron chi connectivity index (χ2n) is 5.96. The van der Waals surface area contributed by atoms with Crippen molar-refractivity contribution in [2.24, 2.45) is 5.10 Å². The Balaban J connectivity index is 1.74. The molecule has 0 atom stereocenters. The molecule has 0 aliphatic rings. The summed E-state index contributed by atoms with van der Waals surface area (Å²) in [5.74, 6) is 0.668. The first kappa shape index (κ1) is 19.0. The third-order valence-corrected chi connectivity index (χ3v) is 3.96. The van der Waals surface area contributed by atoms with Crippen molar-refractivity contribution in [1.82, 2.24) is 5.43 Å². The van der Waals surface area contributed by atoms with E-state index in [1.54, 1.807) is 6.07 Å². The molecule has 132 valence electrons. The predicted molar refractivity (Wildman–Crippen MR) is 102 cm³/mol. The number of rotatable bonds is 7. The summed E-state index contributed by atoms with van der Waals surface area (Å²) in [6.07, 6.45) is 0.976. The van der Waals surface area contributed by atoms with Crippen molar-refractivity contribution >= 4 is 23.2 Å². The number of nitrogens with one attached hydrogen (secondary N) is 1. The number of hydrogen-bond donors (Lipinski definition) is 1. The minimum atomic E-state index is -0.122. The number of hydrazone groups is 1. The van der Waals surface area contributed by atoms with E-state index >= 15 is 0 Å². The van der Waals surface area contributed by atoms with Gasteiger partial charge in [-0.15, -0.1) is 0 Å². The largest absolute Gasteiger partial charge is 0.493 e. The smallest absolute Gasteiger partial charge is 0.240 e. The third kappa shape index (κ3) is 6.24. The van der Waals surface area contributed by atoms with Crippen LogP contribution >= 0.6 is 11.6 Å². The van der Waals surface area contributed by atoms with E-state index in [2.05, 4.69) is 10.5 Å². The Morgan fingerprint density at radius 1 is 1.20 bits per heavy atom. The molecule has 4 nitrogen and oxygen atoms in total. The van der Waals surface area contributed by atoms with Gasteiger partial charge in [-0.25, -0.2) is 5.43 Å². The maximum absolute atomic E-state index is 11.9. The zero-order valence-electron chi connectivity index (χ0n) is 14.8. The lowest BCUT2D eigenvalue weighted by atomic mass is 10.1. The van der Waals surface area contributed by atoms with Gasteiger partial charge in [0.25, 0.3) is 0 Å². The molecule has 2 aromatic rings. The number of carbonyl (C=O) groups is 1. The molecule has 1 amide bonds. The number of benzene rings is 2. The minimum Gasteiger partial charge on any atom is -0.493 e. The van der Waals surface area contributed by atoms with Gasteiger partial charge >= 0.3 is 0 Å². The highest BCUT2D eigenvalue weighted by molar-refractivity contribution is 6.30. The summed E-state index contributed by atoms with van der Waals surface area (Å²) in [5, 5.41) is 4.84. The van der Waals surface area contributed by atoms with Crippen LogP contribution in [0, 0.1) is 13.8 Å². The van der Waals surface area contributed by atoms with Crippen molar-refractivity contribution in [2.45, 2.75) is 33.6 Å². The van der Waals surface area contributed by atoms with E-state index in [1.807, 2.05) is 57.2 Å². The average Bonchev–Trinajstić information content (AvgIpc) is 2.58. The average molecular weight is 359 g/mol. The Morgan fingerprint density at radius 3 is 2.72 bits per heavy atom. The number of hydrogen-bond acceptors (Lipinski definition) is 3. The molecule has 2 rings (SSSR count). The van der Waals surface area contributed by atoms with E-state index in [-0.39, 0.29) is 5.91 Å². The van der Waals surface area contributed by atoms with Gasteiger partial charge in [0.15, 0.2) is 0 Å². The molecule has 0 radical (unpaired) electrons. The van der Waals surface area contributed by atoms with Gasteiger partial charge in [0.1, 0.15) is 5.75 Å². The first-order valence-corrected chi connectivity index (χ1v) is 8.62. The van der Waals surface area contributed by atoms with Gasteiger partial charge in [0.2, 0.25) is 5.91 Å². The second-order valence-corrected chi connectivity index (χ2v) is 6.40. The Hall–Kier alpha value is -2.33. The monoisotopic (exact) mass is 358 g/mol. The van der Waals surface area contributed by atoms with Crippen LogP contribution in [0.2, 0.25) is 5.02 Å². The summed E-state index contributed by atoms with van der Waals surface area (Å²) >= 11 is 5.91. The number of halogens is 1. The van der Waals surface area contributed by atoms with Gasteiger partial charge in [-0.05, 0) is 56.5 Å². The molecule has 5 heteroatoms. The highest BCUT2D eigenvalue weighted by Crippen LogP contribution is 2.21. The number of amides is 1. The topological polar surface area (TPSA) is 50.7 Å². The fraction of sp³-hybridized carbons (Fsp3) is 0.300. The first-order valence-electron chi connectivity index (χ1n) is 8.25. The van der Waals surface area contributed by atoms with Crippen molar-refractivity contribution in [1.29, 1.82) is 0 Å². The van der Waals surface area contributed by atoms with Gasteiger partial charge in [0, 0.05) is 11.4 Å². The molecule has 0 aliphatic heterocycles. The summed E-state index contributed by atoms with van der Waals surface area (Å²) in [4.78, 5) is 11.9. The van der Waals surface area contributed by atoms with Crippen molar-refractivity contribution in [2.75, 3.05) is 6.61 Å². The molecule has 1 N–H and O–H groups in total. The fourth-order valence-corrected chi connectivity index (χ4v) is 2.55. The standard InChI is InChI=1S/C20H23ClN2O2/c1-14-6-4-7-17(12-14)16(3)22-23-20(24)8-5-11-25-19-10-9-18(21)13-15(19)2/h4,6-7,9-10,12-13H,5,8,11H2,1-3H3,(H,23,24)/b22-16+. The maximum atomic E-state index is 11.9. The van der Waals surface area contributed by atoms with Crippen molar-refractivity contribution < 1.29 is 9.53 Å². The quantitative estimate of drug-likeness (QED) is 0.444. The Labute approximate surface area is 153 Å². The summed E-state index contributed by atoms with van der Waals surface area (Å²) in [6.45, 7) is 6.31. The van der Waals surface area contributed by atoms with Crippen LogP contribution in [0.3, 0.4) is 0 Å². The molecule has 0 fully saturated rings. The van der Waals surface area contributed by atoms with E-state index in [4.69, 9.17) is 16.3 Å². The van der Waals surface area contributed by atoms with Gasteiger partial charge < -0.3 is 4.74 Å². The minimum absolute atomic E-state index is 0.122. The molecule has 0 heterocycles. The highest BCUT2D eigenvalue weighted by Gasteiger charge is 2.04. The van der Waals surface area contributed by atoms with Crippen LogP contribution in [0.15, 0.2) is 47.6 Å². The lowest BCUT2D eigenvalue weighted by Crippen LogP contribution is -2.19. The van der Waals surface area contributed by atoms with Crippen LogP contribution in [0.1, 0.15) is 36.5 Å². The number of aryl methyl sites for hydroxylation is 2. The lowest BCUT2D eigenvalue weighted by Gasteiger charge is -2.09. The predicted octanol–water partition coefficient (Wildman–Crippen LogP) is 4.66. The molecular formula is C20H23ClN2O2. The van der Waals surface area contributed by atoms with Crippen LogP contribution in [0.25, 0.3) is 0 Å². The number of nitrogens with zero attached hydrogens (tertiary/aromatic N) is 1. The molecular weight excluding hydrogens is 336 g/mol. The summed E-state index contributed by atoms with van der Waals surface area (Å²) < 4.78 is 5.68. The van der Waals surface area contributed by atoms with Crippen LogP contribution in [0.5, 0.6) is 5.75 Å². The van der Waals surface area contributed by atoms with Crippen LogP contribution in [-0.2, 0) is 4.79 Å². The molecule has 0 aromatic heterocycles. The molecule has 0 saturated carbocycles. The zero-order valence-corrected chi connectivity index (χ0v) is 15.6. The van der Waals surface area contributed by atoms with Crippen LogP contribution in [0.4, 0.5) is 0 Å². The first-order chi connectivity index (χ1) is 12.0. The van der Waals surface area contributed by atoms with E-state index < -0.39 is 0 Å². The van der Waals surface area contributed by atoms with E-state index in [0.717, 1.165) is 28.2 Å². The van der Waals surface area contributed by atoms with E-state index in [1.165, 1.54) is 0 Å². The van der Waals surface area contributed by atoms with Crippen molar-refractivity contribution in [3.05, 3.63) is 64.2 Å². The molecule has 0 saturated heterocycles. The maximum Gasteiger partial charge on any atom is 0.240 e. The summed E-state index contributed by atoms with van der Waals surface area (Å²) in [6, 6.07) is 13.5. The van der Waals surface area contributed by atoms with Gasteiger partial charge in [-0.3, -0.25) is 4.79 Å². The third-order valence-electron chi connectivity index (χ3n) is 3.73. The Bertz CT molecular complexity index is 772. The van der Waals surface area contributed by atoms with Crippen LogP contribution in [-0.4, -0.2) is 18.2 Å².